The van der Waals surface area contributed by atoms with E-state index < -0.39 is 23.8 Å². The third kappa shape index (κ3) is 7.39. The first-order chi connectivity index (χ1) is 18.2. The number of unbranched alkanes of at least 4 members (excludes halogenated alkanes) is 1. The van der Waals surface area contributed by atoms with Crippen molar-refractivity contribution in [2.75, 3.05) is 25.6 Å². The number of aromatic nitrogens is 1. The summed E-state index contributed by atoms with van der Waals surface area (Å²) >= 11 is 13.6. The van der Waals surface area contributed by atoms with E-state index in [0.29, 0.717) is 23.4 Å². The van der Waals surface area contributed by atoms with E-state index in [-0.39, 0.29) is 38.5 Å². The Hall–Kier alpha value is -2.82. The Morgan fingerprint density at radius 1 is 1.26 bits per heavy atom. The fourth-order valence-corrected chi connectivity index (χ4v) is 4.78. The maximum absolute atomic E-state index is 15.4. The summed E-state index contributed by atoms with van der Waals surface area (Å²) in [7, 11) is 1.51. The molecule has 0 radical (unpaired) electrons. The summed E-state index contributed by atoms with van der Waals surface area (Å²) < 4.78 is 26.5. The van der Waals surface area contributed by atoms with Crippen molar-refractivity contribution in [3.8, 4) is 11.3 Å². The Kier molecular flexibility index (Phi) is 10.8. The summed E-state index contributed by atoms with van der Waals surface area (Å²) in [6.07, 6.45) is 2.67. The summed E-state index contributed by atoms with van der Waals surface area (Å²) in [5, 5.41) is 13.9. The molecule has 0 aliphatic rings. The largest absolute Gasteiger partial charge is 0.478 e. The number of benzene rings is 2. The van der Waals surface area contributed by atoms with Crippen LogP contribution in [-0.4, -0.2) is 42.3 Å². The quantitative estimate of drug-likeness (QED) is 0.170. The molecule has 0 fully saturated rings. The van der Waals surface area contributed by atoms with E-state index in [0.717, 1.165) is 24.2 Å². The number of carboxylic acid groups (broad SMARTS) is 1. The number of nitrogens with one attached hydrogen (secondary N) is 1. The molecule has 0 saturated heterocycles. The Morgan fingerprint density at radius 2 is 1.97 bits per heavy atom. The molecule has 7 nitrogen and oxygen atoms in total. The van der Waals surface area contributed by atoms with Crippen LogP contribution in [0.4, 0.5) is 9.52 Å². The average Bonchev–Trinajstić information content (AvgIpc) is 3.34. The number of carbonyl (C=O) groups is 2. The van der Waals surface area contributed by atoms with Gasteiger partial charge in [-0.3, -0.25) is 10.1 Å². The molecule has 2 N–H and O–H groups in total. The van der Waals surface area contributed by atoms with Crippen LogP contribution < -0.4 is 5.32 Å². The van der Waals surface area contributed by atoms with E-state index in [4.69, 9.17) is 37.8 Å². The number of rotatable bonds is 12. The fraction of sp³-hybridized carbons (Fsp3) is 0.296. The minimum absolute atomic E-state index is 0.0402. The van der Waals surface area contributed by atoms with Crippen molar-refractivity contribution >= 4 is 57.6 Å². The second-order valence-electron chi connectivity index (χ2n) is 8.34. The number of hydrogen-bond acceptors (Lipinski definition) is 6. The molecule has 3 rings (SSSR count). The molecule has 1 amide bonds. The van der Waals surface area contributed by atoms with Gasteiger partial charge in [0, 0.05) is 46.9 Å². The van der Waals surface area contributed by atoms with E-state index >= 15 is 4.39 Å². The molecule has 202 valence electrons. The van der Waals surface area contributed by atoms with Gasteiger partial charge >= 0.3 is 5.97 Å². The lowest BCUT2D eigenvalue weighted by Crippen LogP contribution is -2.13. The van der Waals surface area contributed by atoms with Gasteiger partial charge < -0.3 is 14.6 Å². The van der Waals surface area contributed by atoms with Crippen LogP contribution in [0.15, 0.2) is 41.3 Å². The first-order valence-electron chi connectivity index (χ1n) is 11.7. The standard InChI is InChI=1S/C27H27Cl2FN2O5S/c1-4-5-9-37-13-23(36-3)18-8-6-7-17(24(18)30)22-14-38-27(31-22)32-25(33)16-11-20(28)19(21(29)12-16)10-15(2)26(34)35/h6-8,10-12,14,23H,4-5,9,13H2,1-3H3,(H,34,35)(H,31,32,33). The van der Waals surface area contributed by atoms with Gasteiger partial charge in [0.2, 0.25) is 0 Å². The molecule has 1 unspecified atom stereocenters. The van der Waals surface area contributed by atoms with Crippen LogP contribution in [0.2, 0.25) is 10.0 Å². The van der Waals surface area contributed by atoms with Gasteiger partial charge in [-0.15, -0.1) is 11.3 Å². The number of carbonyl (C=O) groups excluding carboxylic acids is 1. The monoisotopic (exact) mass is 580 g/mol. The van der Waals surface area contributed by atoms with Crippen LogP contribution in [0, 0.1) is 5.82 Å². The zero-order valence-corrected chi connectivity index (χ0v) is 23.3. The van der Waals surface area contributed by atoms with Gasteiger partial charge in [0.05, 0.1) is 22.3 Å². The van der Waals surface area contributed by atoms with Crippen molar-refractivity contribution < 1.29 is 28.6 Å². The van der Waals surface area contributed by atoms with Crippen molar-refractivity contribution in [3.63, 3.8) is 0 Å². The second kappa shape index (κ2) is 13.8. The number of nitrogens with zero attached hydrogens (tertiary/aromatic N) is 1. The summed E-state index contributed by atoms with van der Waals surface area (Å²) in [4.78, 5) is 28.3. The molecule has 0 spiro atoms. The van der Waals surface area contributed by atoms with Gasteiger partial charge in [-0.1, -0.05) is 48.7 Å². The third-order valence-electron chi connectivity index (χ3n) is 5.61. The van der Waals surface area contributed by atoms with Gasteiger partial charge in [-0.05, 0) is 37.6 Å². The molecule has 2 aromatic carbocycles. The highest BCUT2D eigenvalue weighted by Gasteiger charge is 2.21. The number of carboxylic acids is 1. The van der Waals surface area contributed by atoms with Gasteiger partial charge in [-0.2, -0.15) is 0 Å². The van der Waals surface area contributed by atoms with Gasteiger partial charge in [0.15, 0.2) is 5.13 Å². The number of anilines is 1. The van der Waals surface area contributed by atoms with E-state index in [9.17, 15) is 9.59 Å². The highest BCUT2D eigenvalue weighted by Crippen LogP contribution is 2.33. The van der Waals surface area contributed by atoms with Crippen LogP contribution in [-0.2, 0) is 14.3 Å². The molecule has 11 heteroatoms. The first-order valence-corrected chi connectivity index (χ1v) is 13.4. The van der Waals surface area contributed by atoms with E-state index in [2.05, 4.69) is 17.2 Å². The SMILES string of the molecule is CCCCOCC(OC)c1cccc(-c2csc(NC(=O)c3cc(Cl)c(C=C(C)C(=O)O)c(Cl)c3)n2)c1F. The minimum Gasteiger partial charge on any atom is -0.478 e. The smallest absolute Gasteiger partial charge is 0.331 e. The van der Waals surface area contributed by atoms with Crippen LogP contribution in [0.3, 0.4) is 0 Å². The number of methoxy groups -OCH3 is 1. The maximum atomic E-state index is 15.4. The Morgan fingerprint density at radius 3 is 2.61 bits per heavy atom. The molecule has 1 atom stereocenters. The van der Waals surface area contributed by atoms with Crippen LogP contribution in [0.5, 0.6) is 0 Å². The van der Waals surface area contributed by atoms with Crippen LogP contribution in [0.1, 0.15) is 54.3 Å². The number of ether oxygens (including phenoxy) is 2. The zero-order valence-electron chi connectivity index (χ0n) is 21.0. The van der Waals surface area contributed by atoms with Crippen LogP contribution >= 0.6 is 34.5 Å². The van der Waals surface area contributed by atoms with Crippen LogP contribution in [0.25, 0.3) is 17.3 Å². The lowest BCUT2D eigenvalue weighted by atomic mass is 10.0. The highest BCUT2D eigenvalue weighted by atomic mass is 35.5. The van der Waals surface area contributed by atoms with Crippen molar-refractivity contribution in [1.82, 2.24) is 4.98 Å². The molecule has 38 heavy (non-hydrogen) atoms. The van der Waals surface area contributed by atoms with Crippen molar-refractivity contribution in [3.05, 3.63) is 73.8 Å². The number of aliphatic carboxylic acids is 1. The summed E-state index contributed by atoms with van der Waals surface area (Å²) in [5.74, 6) is -2.11. The van der Waals surface area contributed by atoms with Gasteiger partial charge in [0.1, 0.15) is 11.9 Å². The fourth-order valence-electron chi connectivity index (χ4n) is 3.47. The Bertz CT molecular complexity index is 1320. The van der Waals surface area contributed by atoms with Gasteiger partial charge in [-0.25, -0.2) is 14.2 Å². The predicted molar refractivity (Wildman–Crippen MR) is 149 cm³/mol. The minimum atomic E-state index is -1.11. The normalized spacial score (nSPS) is 12.4. The van der Waals surface area contributed by atoms with E-state index in [1.807, 2.05) is 0 Å². The van der Waals surface area contributed by atoms with Crippen molar-refractivity contribution in [2.24, 2.45) is 0 Å². The topological polar surface area (TPSA) is 97.8 Å². The highest BCUT2D eigenvalue weighted by molar-refractivity contribution is 7.14. The van der Waals surface area contributed by atoms with Gasteiger partial charge in [0.25, 0.3) is 5.91 Å². The number of thiazole rings is 1. The molecular formula is C27H27Cl2FN2O5S. The Balaban J connectivity index is 1.78. The maximum Gasteiger partial charge on any atom is 0.331 e. The second-order valence-corrected chi connectivity index (χ2v) is 10.0. The molecule has 0 bridgehead atoms. The predicted octanol–water partition coefficient (Wildman–Crippen LogP) is 7.50. The third-order valence-corrected chi connectivity index (χ3v) is 6.99. The number of hydrogen-bond donors (Lipinski definition) is 2. The zero-order chi connectivity index (χ0) is 27.8. The molecule has 1 aromatic heterocycles. The molecule has 0 aliphatic heterocycles. The first kappa shape index (κ1) is 29.7. The average molecular weight is 581 g/mol. The van der Waals surface area contributed by atoms with E-state index in [1.54, 1.807) is 23.6 Å². The molecular weight excluding hydrogens is 554 g/mol. The van der Waals surface area contributed by atoms with E-state index in [1.165, 1.54) is 32.2 Å². The van der Waals surface area contributed by atoms with Crippen molar-refractivity contribution in [2.45, 2.75) is 32.8 Å². The molecule has 3 aromatic rings. The lowest BCUT2D eigenvalue weighted by molar-refractivity contribution is -0.132. The molecule has 0 aliphatic carbocycles. The summed E-state index contributed by atoms with van der Waals surface area (Å²) in [6.45, 7) is 4.27. The van der Waals surface area contributed by atoms with Crippen molar-refractivity contribution in [1.29, 1.82) is 0 Å². The summed E-state index contributed by atoms with van der Waals surface area (Å²) in [6, 6.07) is 7.74. The lowest BCUT2D eigenvalue weighted by Gasteiger charge is -2.17. The Labute approximate surface area is 234 Å². The summed E-state index contributed by atoms with van der Waals surface area (Å²) in [5.41, 5.74) is 1.47. The number of amides is 1. The molecule has 0 saturated carbocycles. The number of halogens is 3. The molecule has 1 heterocycles.